The zero-order valence-corrected chi connectivity index (χ0v) is 19.1. The smallest absolute Gasteiger partial charge is 0.437 e. The summed E-state index contributed by atoms with van der Waals surface area (Å²) in [6.45, 7) is 6.84. The molecular weight excluding hydrogens is 436 g/mol. The summed E-state index contributed by atoms with van der Waals surface area (Å²) >= 11 is 7.85. The lowest BCUT2D eigenvalue weighted by Crippen LogP contribution is -2.61. The number of H-pyrrole nitrogens is 1. The van der Waals surface area contributed by atoms with Crippen LogP contribution in [0, 0.1) is 0 Å². The maximum absolute atomic E-state index is 12.8. The third kappa shape index (κ3) is 4.59. The maximum atomic E-state index is 12.8. The monoisotopic (exact) mass is 458 g/mol. The molecule has 0 saturated carbocycles. The Balaban J connectivity index is 2.00. The summed E-state index contributed by atoms with van der Waals surface area (Å²) in [5.41, 5.74) is -0.942. The van der Waals surface area contributed by atoms with Gasteiger partial charge in [0.05, 0.1) is 31.8 Å². The lowest BCUT2D eigenvalue weighted by Gasteiger charge is -2.39. The van der Waals surface area contributed by atoms with Gasteiger partial charge in [0.1, 0.15) is 5.60 Å². The SMILES string of the molecule is CN1/C(=N/C(=O)OC(C)(C)C)N[C@](C)(c2sc(-c3ccc[nH]3)cc2Cl)CS1(=O)=O. The molecule has 29 heavy (non-hydrogen) atoms. The van der Waals surface area contributed by atoms with Gasteiger partial charge in [-0.2, -0.15) is 0 Å². The Morgan fingerprint density at radius 2 is 2.10 bits per heavy atom. The van der Waals surface area contributed by atoms with E-state index < -0.39 is 27.3 Å². The topological polar surface area (TPSA) is 104 Å². The van der Waals surface area contributed by atoms with E-state index in [0.717, 1.165) is 14.9 Å². The molecule has 8 nitrogen and oxygen atoms in total. The Hall–Kier alpha value is -2.04. The van der Waals surface area contributed by atoms with E-state index in [9.17, 15) is 13.2 Å². The van der Waals surface area contributed by atoms with E-state index in [2.05, 4.69) is 15.3 Å². The summed E-state index contributed by atoms with van der Waals surface area (Å²) in [5.74, 6) is -0.354. The van der Waals surface area contributed by atoms with Gasteiger partial charge in [0.15, 0.2) is 0 Å². The molecule has 3 heterocycles. The van der Waals surface area contributed by atoms with Crippen LogP contribution in [-0.4, -0.2) is 48.2 Å². The first kappa shape index (κ1) is 21.7. The van der Waals surface area contributed by atoms with Crippen LogP contribution < -0.4 is 5.32 Å². The summed E-state index contributed by atoms with van der Waals surface area (Å²) in [6, 6.07) is 5.56. The summed E-state index contributed by atoms with van der Waals surface area (Å²) in [5, 5.41) is 3.52. The van der Waals surface area contributed by atoms with Crippen LogP contribution in [0.3, 0.4) is 0 Å². The Bertz CT molecular complexity index is 1050. The summed E-state index contributed by atoms with van der Waals surface area (Å²) < 4.78 is 31.7. The number of nitrogens with zero attached hydrogens (tertiary/aromatic N) is 2. The van der Waals surface area contributed by atoms with Crippen molar-refractivity contribution in [3.05, 3.63) is 34.3 Å². The molecule has 0 bridgehead atoms. The zero-order chi connectivity index (χ0) is 21.6. The van der Waals surface area contributed by atoms with Crippen molar-refractivity contribution >= 4 is 45.0 Å². The van der Waals surface area contributed by atoms with Crippen molar-refractivity contribution in [3.63, 3.8) is 0 Å². The standard InChI is InChI=1S/C18H23ClN4O4S2/c1-17(2,3)27-16(24)21-15-22-18(4,10-29(25,26)23(15)5)14-11(19)9-13(28-14)12-7-6-8-20-12/h6-9,20H,10H2,1-5H3,(H,21,22,24)/t18-/m0/s1. The third-order valence-electron chi connectivity index (χ3n) is 4.22. The van der Waals surface area contributed by atoms with Crippen molar-refractivity contribution in [2.75, 3.05) is 12.8 Å². The largest absolute Gasteiger partial charge is 0.442 e. The highest BCUT2D eigenvalue weighted by atomic mass is 35.5. The van der Waals surface area contributed by atoms with Gasteiger partial charge in [-0.15, -0.1) is 16.3 Å². The highest BCUT2D eigenvalue weighted by Gasteiger charge is 2.45. The van der Waals surface area contributed by atoms with Crippen molar-refractivity contribution in [2.24, 2.45) is 4.99 Å². The van der Waals surface area contributed by atoms with Gasteiger partial charge in [-0.25, -0.2) is 17.5 Å². The van der Waals surface area contributed by atoms with E-state index in [1.54, 1.807) is 40.0 Å². The lowest BCUT2D eigenvalue weighted by molar-refractivity contribution is 0.0602. The number of guanidine groups is 1. The number of aromatic nitrogens is 1. The molecule has 2 N–H and O–H groups in total. The van der Waals surface area contributed by atoms with Crippen LogP contribution in [0.4, 0.5) is 4.79 Å². The molecule has 1 atom stereocenters. The first-order valence-corrected chi connectivity index (χ1v) is 11.6. The van der Waals surface area contributed by atoms with Crippen molar-refractivity contribution < 1.29 is 17.9 Å². The number of hydrogen-bond acceptors (Lipinski definition) is 5. The fraction of sp³-hybridized carbons (Fsp3) is 0.444. The molecule has 158 valence electrons. The van der Waals surface area contributed by atoms with Gasteiger partial charge in [-0.3, -0.25) is 0 Å². The van der Waals surface area contributed by atoms with Crippen LogP contribution >= 0.6 is 22.9 Å². The van der Waals surface area contributed by atoms with E-state index in [0.29, 0.717) is 9.90 Å². The van der Waals surface area contributed by atoms with Crippen LogP contribution in [0.25, 0.3) is 10.6 Å². The number of rotatable bonds is 2. The van der Waals surface area contributed by atoms with E-state index >= 15 is 0 Å². The number of aliphatic imine (C=N–C) groups is 1. The fourth-order valence-corrected chi connectivity index (χ4v) is 6.13. The van der Waals surface area contributed by atoms with Gasteiger partial charge >= 0.3 is 6.09 Å². The molecule has 0 aliphatic carbocycles. The number of carbonyl (C=O) groups excluding carboxylic acids is 1. The number of hydrogen-bond donors (Lipinski definition) is 2. The molecule has 0 spiro atoms. The second-order valence-corrected chi connectivity index (χ2v) is 11.4. The minimum Gasteiger partial charge on any atom is -0.442 e. The van der Waals surface area contributed by atoms with E-state index in [-0.39, 0.29) is 11.7 Å². The summed E-state index contributed by atoms with van der Waals surface area (Å²) in [7, 11) is -2.41. The molecule has 1 aliphatic heterocycles. The Morgan fingerprint density at radius 3 is 2.69 bits per heavy atom. The first-order chi connectivity index (χ1) is 13.3. The average molecular weight is 459 g/mol. The van der Waals surface area contributed by atoms with Crippen LogP contribution in [0.1, 0.15) is 32.6 Å². The highest BCUT2D eigenvalue weighted by Crippen LogP contribution is 2.41. The molecule has 0 unspecified atom stereocenters. The second kappa shape index (κ2) is 7.33. The molecule has 3 rings (SSSR count). The minimum absolute atomic E-state index is 0.112. The highest BCUT2D eigenvalue weighted by molar-refractivity contribution is 7.89. The minimum atomic E-state index is -3.74. The Labute approximate surface area is 179 Å². The maximum Gasteiger partial charge on any atom is 0.437 e. The number of sulfonamides is 1. The van der Waals surface area contributed by atoms with Crippen molar-refractivity contribution in [1.29, 1.82) is 0 Å². The van der Waals surface area contributed by atoms with Gasteiger partial charge < -0.3 is 15.0 Å². The van der Waals surface area contributed by atoms with E-state index in [1.807, 2.05) is 12.1 Å². The lowest BCUT2D eigenvalue weighted by atomic mass is 10.0. The molecule has 1 saturated heterocycles. The van der Waals surface area contributed by atoms with Gasteiger partial charge in [0.25, 0.3) is 0 Å². The van der Waals surface area contributed by atoms with Gasteiger partial charge in [-0.1, -0.05) is 11.6 Å². The van der Waals surface area contributed by atoms with Gasteiger partial charge in [0, 0.05) is 13.2 Å². The van der Waals surface area contributed by atoms with Crippen molar-refractivity contribution in [2.45, 2.75) is 38.8 Å². The van der Waals surface area contributed by atoms with E-state index in [4.69, 9.17) is 16.3 Å². The fourth-order valence-electron chi connectivity index (χ4n) is 2.91. The third-order valence-corrected chi connectivity index (χ3v) is 8.01. The molecule has 1 amide bonds. The number of ether oxygens (including phenoxy) is 1. The number of carbonyl (C=O) groups is 1. The predicted molar refractivity (Wildman–Crippen MR) is 115 cm³/mol. The van der Waals surface area contributed by atoms with Crippen molar-refractivity contribution in [1.82, 2.24) is 14.6 Å². The molecule has 0 aromatic carbocycles. The number of thiophene rings is 1. The zero-order valence-electron chi connectivity index (χ0n) is 16.7. The number of halogens is 1. The predicted octanol–water partition coefficient (Wildman–Crippen LogP) is 3.77. The number of amides is 1. The van der Waals surface area contributed by atoms with Gasteiger partial charge in [-0.05, 0) is 45.9 Å². The molecule has 1 fully saturated rings. The van der Waals surface area contributed by atoms with Crippen LogP contribution in [-0.2, 0) is 20.3 Å². The Morgan fingerprint density at radius 1 is 1.41 bits per heavy atom. The normalized spacial score (nSPS) is 23.1. The molecule has 2 aromatic rings. The molecule has 2 aromatic heterocycles. The Kier molecular flexibility index (Phi) is 5.48. The van der Waals surface area contributed by atoms with Crippen LogP contribution in [0.5, 0.6) is 0 Å². The molecule has 11 heteroatoms. The second-order valence-electron chi connectivity index (χ2n) is 7.97. The summed E-state index contributed by atoms with van der Waals surface area (Å²) in [6.07, 6.45) is 0.921. The quantitative estimate of drug-likeness (QED) is 0.712. The van der Waals surface area contributed by atoms with E-state index in [1.165, 1.54) is 18.4 Å². The summed E-state index contributed by atoms with van der Waals surface area (Å²) in [4.78, 5) is 20.6. The van der Waals surface area contributed by atoms with Crippen LogP contribution in [0.2, 0.25) is 5.02 Å². The average Bonchev–Trinajstić information content (AvgIpc) is 3.19. The number of aromatic amines is 1. The molecule has 0 radical (unpaired) electrons. The number of nitrogens with one attached hydrogen (secondary N) is 2. The van der Waals surface area contributed by atoms with Crippen molar-refractivity contribution in [3.8, 4) is 10.6 Å². The molecular formula is C18H23ClN4O4S2. The first-order valence-electron chi connectivity index (χ1n) is 8.81. The van der Waals surface area contributed by atoms with Crippen LogP contribution in [0.15, 0.2) is 29.4 Å². The molecule has 1 aliphatic rings. The van der Waals surface area contributed by atoms with Gasteiger partial charge in [0.2, 0.25) is 16.0 Å².